The molecule has 0 saturated carbocycles. The third kappa shape index (κ3) is 6.14. The Morgan fingerprint density at radius 2 is 1.71 bits per heavy atom. The minimum atomic E-state index is -1.26. The Bertz CT molecular complexity index is 1310. The van der Waals surface area contributed by atoms with Gasteiger partial charge in [-0.25, -0.2) is 13.8 Å². The zero-order valence-electron chi connectivity index (χ0n) is 21.4. The molecule has 0 unspecified atom stereocenters. The number of likely N-dealkylation sites (N-methyl/N-ethyl adjacent to an activating group) is 1. The van der Waals surface area contributed by atoms with E-state index in [1.54, 1.807) is 7.05 Å². The molecule has 3 aromatic carbocycles. The first-order valence-corrected chi connectivity index (χ1v) is 12.7. The molecule has 0 fully saturated rings. The summed E-state index contributed by atoms with van der Waals surface area (Å²) in [4.78, 5) is 33.2. The van der Waals surface area contributed by atoms with Crippen molar-refractivity contribution in [2.24, 2.45) is 10.9 Å². The molecule has 2 N–H and O–H groups in total. The molecular weight excluding hydrogens is 488 g/mol. The normalized spacial score (nSPS) is 16.8. The SMILES string of the molecule is CCCC[C@H](O)[C@@H](Cc1cc(F)cc(F)c1)C(=O)N[C@H]1N=C(c2ccccc2)c2ccccc2N(C)C1=O. The van der Waals surface area contributed by atoms with Crippen molar-refractivity contribution in [2.45, 2.75) is 44.9 Å². The van der Waals surface area contributed by atoms with Gasteiger partial charge < -0.3 is 15.3 Å². The molecule has 198 valence electrons. The van der Waals surface area contributed by atoms with Crippen LogP contribution in [0.1, 0.15) is 42.9 Å². The number of carbonyl (C=O) groups is 2. The molecule has 2 amide bonds. The van der Waals surface area contributed by atoms with Crippen LogP contribution in [0.5, 0.6) is 0 Å². The lowest BCUT2D eigenvalue weighted by Gasteiger charge is -2.25. The van der Waals surface area contributed by atoms with Crippen LogP contribution < -0.4 is 10.2 Å². The Kier molecular flexibility index (Phi) is 8.63. The van der Waals surface area contributed by atoms with Gasteiger partial charge in [0.05, 0.1) is 23.4 Å². The highest BCUT2D eigenvalue weighted by atomic mass is 19.1. The van der Waals surface area contributed by atoms with Crippen molar-refractivity contribution in [2.75, 3.05) is 11.9 Å². The minimum Gasteiger partial charge on any atom is -0.392 e. The number of para-hydroxylation sites is 1. The monoisotopic (exact) mass is 519 g/mol. The fraction of sp³-hybridized carbons (Fsp3) is 0.300. The van der Waals surface area contributed by atoms with E-state index in [1.165, 1.54) is 4.90 Å². The van der Waals surface area contributed by atoms with Gasteiger partial charge in [0, 0.05) is 24.2 Å². The molecule has 0 radical (unpaired) electrons. The molecule has 1 aliphatic rings. The lowest BCUT2D eigenvalue weighted by Crippen LogP contribution is -2.50. The van der Waals surface area contributed by atoms with Gasteiger partial charge in [0.2, 0.25) is 12.1 Å². The van der Waals surface area contributed by atoms with Gasteiger partial charge in [0.25, 0.3) is 5.91 Å². The summed E-state index contributed by atoms with van der Waals surface area (Å²) in [5.41, 5.74) is 2.94. The number of rotatable bonds is 9. The van der Waals surface area contributed by atoms with E-state index in [2.05, 4.69) is 10.3 Å². The number of anilines is 1. The summed E-state index contributed by atoms with van der Waals surface area (Å²) < 4.78 is 27.7. The summed E-state index contributed by atoms with van der Waals surface area (Å²) in [6.07, 6.45) is -0.643. The van der Waals surface area contributed by atoms with E-state index >= 15 is 0 Å². The number of benzodiazepines with no additional fused rings is 1. The Morgan fingerprint density at radius 3 is 2.39 bits per heavy atom. The number of unbranched alkanes of at least 4 members (excludes halogenated alkanes) is 1. The number of carbonyl (C=O) groups excluding carboxylic acids is 2. The molecule has 3 atom stereocenters. The maximum absolute atomic E-state index is 13.9. The first-order valence-electron chi connectivity index (χ1n) is 12.7. The van der Waals surface area contributed by atoms with Crippen LogP contribution in [0.4, 0.5) is 14.5 Å². The lowest BCUT2D eigenvalue weighted by molar-refractivity contribution is -0.132. The average molecular weight is 520 g/mol. The van der Waals surface area contributed by atoms with Crippen molar-refractivity contribution < 1.29 is 23.5 Å². The van der Waals surface area contributed by atoms with Crippen LogP contribution >= 0.6 is 0 Å². The molecule has 0 aromatic heterocycles. The Morgan fingerprint density at radius 1 is 1.05 bits per heavy atom. The zero-order valence-corrected chi connectivity index (χ0v) is 21.4. The van der Waals surface area contributed by atoms with Crippen LogP contribution in [0.3, 0.4) is 0 Å². The summed E-state index contributed by atoms with van der Waals surface area (Å²) in [5, 5.41) is 13.6. The first kappa shape index (κ1) is 27.1. The van der Waals surface area contributed by atoms with Crippen LogP contribution in [0.25, 0.3) is 0 Å². The molecule has 8 heteroatoms. The summed E-state index contributed by atoms with van der Waals surface area (Å²) in [7, 11) is 1.62. The van der Waals surface area contributed by atoms with Gasteiger partial charge in [-0.3, -0.25) is 9.59 Å². The predicted octanol–water partition coefficient (Wildman–Crippen LogP) is 4.63. The highest BCUT2D eigenvalue weighted by molar-refractivity contribution is 6.20. The number of aliphatic imine (C=N–C) groups is 1. The molecule has 0 saturated heterocycles. The summed E-state index contributed by atoms with van der Waals surface area (Å²) in [5.74, 6) is -3.64. The topological polar surface area (TPSA) is 82.0 Å². The van der Waals surface area contributed by atoms with Crippen LogP contribution in [0.15, 0.2) is 77.8 Å². The molecule has 1 aliphatic heterocycles. The second-order valence-corrected chi connectivity index (χ2v) is 9.47. The van der Waals surface area contributed by atoms with E-state index in [0.29, 0.717) is 24.2 Å². The number of amides is 2. The standard InChI is InChI=1S/C30H31F2N3O3/c1-3-4-14-26(36)24(17-19-15-21(31)18-22(32)16-19)29(37)34-28-30(38)35(2)25-13-9-8-12-23(25)27(33-28)20-10-6-5-7-11-20/h5-13,15-16,18,24,26,28,36H,3-4,14,17H2,1-2H3,(H,34,37)/t24-,26+,28-/m1/s1. The van der Waals surface area contributed by atoms with Crippen LogP contribution in [-0.4, -0.2) is 41.9 Å². The number of hydrogen-bond donors (Lipinski definition) is 2. The number of nitrogens with one attached hydrogen (secondary N) is 1. The molecular formula is C30H31F2N3O3. The van der Waals surface area contributed by atoms with Gasteiger partial charge in [-0.2, -0.15) is 0 Å². The Labute approximate surface area is 221 Å². The Balaban J connectivity index is 1.69. The van der Waals surface area contributed by atoms with Crippen molar-refractivity contribution in [3.8, 4) is 0 Å². The largest absolute Gasteiger partial charge is 0.392 e. The first-order chi connectivity index (χ1) is 18.3. The Hall–Kier alpha value is -3.91. The van der Waals surface area contributed by atoms with E-state index in [4.69, 9.17) is 0 Å². The number of aliphatic hydroxyl groups excluding tert-OH is 1. The van der Waals surface area contributed by atoms with E-state index in [1.807, 2.05) is 61.5 Å². The van der Waals surface area contributed by atoms with Crippen LogP contribution in [0.2, 0.25) is 0 Å². The smallest absolute Gasteiger partial charge is 0.272 e. The number of fused-ring (bicyclic) bond motifs is 1. The number of halogens is 2. The quantitative estimate of drug-likeness (QED) is 0.433. The minimum absolute atomic E-state index is 0.0996. The maximum Gasteiger partial charge on any atom is 0.272 e. The van der Waals surface area contributed by atoms with Gasteiger partial charge in [0.15, 0.2) is 0 Å². The fourth-order valence-corrected chi connectivity index (χ4v) is 4.68. The van der Waals surface area contributed by atoms with Crippen molar-refractivity contribution >= 4 is 23.2 Å². The summed E-state index contributed by atoms with van der Waals surface area (Å²) in [6, 6.07) is 19.7. The van der Waals surface area contributed by atoms with Gasteiger partial charge in [-0.1, -0.05) is 68.3 Å². The predicted molar refractivity (Wildman–Crippen MR) is 143 cm³/mol. The van der Waals surface area contributed by atoms with Gasteiger partial charge in [-0.15, -0.1) is 0 Å². The fourth-order valence-electron chi connectivity index (χ4n) is 4.68. The third-order valence-electron chi connectivity index (χ3n) is 6.70. The second-order valence-electron chi connectivity index (χ2n) is 9.47. The summed E-state index contributed by atoms with van der Waals surface area (Å²) in [6.45, 7) is 1.96. The molecule has 6 nitrogen and oxygen atoms in total. The molecule has 1 heterocycles. The molecule has 3 aromatic rings. The third-order valence-corrected chi connectivity index (χ3v) is 6.70. The molecule has 0 spiro atoms. The second kappa shape index (κ2) is 12.1. The van der Waals surface area contributed by atoms with Crippen molar-refractivity contribution in [3.05, 3.63) is 101 Å². The molecule has 4 rings (SSSR count). The van der Waals surface area contributed by atoms with Gasteiger partial charge in [-0.05, 0) is 36.6 Å². The van der Waals surface area contributed by atoms with E-state index in [-0.39, 0.29) is 12.0 Å². The number of aliphatic hydroxyl groups is 1. The van der Waals surface area contributed by atoms with Crippen LogP contribution in [0, 0.1) is 17.6 Å². The molecule has 0 aliphatic carbocycles. The zero-order chi connectivity index (χ0) is 27.2. The highest BCUT2D eigenvalue weighted by Gasteiger charge is 2.34. The number of benzene rings is 3. The van der Waals surface area contributed by atoms with E-state index in [9.17, 15) is 23.5 Å². The van der Waals surface area contributed by atoms with Crippen molar-refractivity contribution in [1.82, 2.24) is 5.32 Å². The van der Waals surface area contributed by atoms with Crippen molar-refractivity contribution in [3.63, 3.8) is 0 Å². The number of hydrogen-bond acceptors (Lipinski definition) is 4. The van der Waals surface area contributed by atoms with E-state index < -0.39 is 41.6 Å². The number of nitrogens with zero attached hydrogens (tertiary/aromatic N) is 2. The maximum atomic E-state index is 13.9. The summed E-state index contributed by atoms with van der Waals surface area (Å²) >= 11 is 0. The lowest BCUT2D eigenvalue weighted by atomic mass is 9.90. The van der Waals surface area contributed by atoms with E-state index in [0.717, 1.165) is 35.7 Å². The van der Waals surface area contributed by atoms with Gasteiger partial charge >= 0.3 is 0 Å². The van der Waals surface area contributed by atoms with Gasteiger partial charge in [0.1, 0.15) is 11.6 Å². The molecule has 38 heavy (non-hydrogen) atoms. The molecule has 0 bridgehead atoms. The highest BCUT2D eigenvalue weighted by Crippen LogP contribution is 2.27. The van der Waals surface area contributed by atoms with Crippen molar-refractivity contribution in [1.29, 1.82) is 0 Å². The average Bonchev–Trinajstić information content (AvgIpc) is 3.01. The van der Waals surface area contributed by atoms with Crippen LogP contribution in [-0.2, 0) is 16.0 Å².